The number of aryl methyl sites for hydroxylation is 1. The lowest BCUT2D eigenvalue weighted by Gasteiger charge is -2.18. The van der Waals surface area contributed by atoms with Crippen LogP contribution in [0.25, 0.3) is 0 Å². The number of carboxylic acids is 1. The first kappa shape index (κ1) is 17.9. The fraction of sp³-hybridized carbons (Fsp3) is 0.300. The molecule has 1 saturated heterocycles. The molecular weight excluding hydrogens is 337 g/mol. The molecule has 6 heteroatoms. The molecule has 2 aromatic rings. The van der Waals surface area contributed by atoms with Crippen LogP contribution in [-0.4, -0.2) is 35.2 Å². The zero-order valence-corrected chi connectivity index (χ0v) is 14.4. The van der Waals surface area contributed by atoms with Gasteiger partial charge in [0.1, 0.15) is 12.4 Å². The summed E-state index contributed by atoms with van der Waals surface area (Å²) in [4.78, 5) is 25.4. The molecule has 0 spiro atoms. The highest BCUT2D eigenvalue weighted by Gasteiger charge is 2.41. The molecule has 1 aliphatic heterocycles. The van der Waals surface area contributed by atoms with Gasteiger partial charge < -0.3 is 14.7 Å². The van der Waals surface area contributed by atoms with E-state index in [1.807, 2.05) is 30.3 Å². The van der Waals surface area contributed by atoms with Crippen LogP contribution >= 0.6 is 0 Å². The van der Waals surface area contributed by atoms with E-state index in [2.05, 4.69) is 0 Å². The maximum Gasteiger partial charge on any atom is 0.410 e. The molecular formula is C20H20FNO4. The van der Waals surface area contributed by atoms with Crippen LogP contribution < -0.4 is 0 Å². The Bertz CT molecular complexity index is 809. The number of carbonyl (C=O) groups is 2. The standard InChI is InChI=1S/C20H20FNO4/c1-13-9-15(21)7-8-16(13)17-10-22(11-18(17)19(23)24)20(25)26-12-14-5-3-2-4-6-14/h2-9,17-18H,10-12H2,1H3,(H,23,24)/t17-,18+/m0/s1. The quantitative estimate of drug-likeness (QED) is 0.908. The fourth-order valence-corrected chi connectivity index (χ4v) is 3.38. The van der Waals surface area contributed by atoms with Crippen molar-refractivity contribution in [1.29, 1.82) is 0 Å². The molecule has 0 aliphatic carbocycles. The summed E-state index contributed by atoms with van der Waals surface area (Å²) < 4.78 is 18.7. The first-order valence-electron chi connectivity index (χ1n) is 8.40. The fourth-order valence-electron chi connectivity index (χ4n) is 3.38. The average Bonchev–Trinajstić information content (AvgIpc) is 3.06. The Morgan fingerprint density at radius 2 is 1.92 bits per heavy atom. The molecule has 1 heterocycles. The average molecular weight is 357 g/mol. The van der Waals surface area contributed by atoms with E-state index in [0.717, 1.165) is 11.1 Å². The van der Waals surface area contributed by atoms with Crippen molar-refractivity contribution in [2.75, 3.05) is 13.1 Å². The minimum Gasteiger partial charge on any atom is -0.481 e. The third-order valence-corrected chi connectivity index (χ3v) is 4.73. The van der Waals surface area contributed by atoms with Gasteiger partial charge >= 0.3 is 12.1 Å². The van der Waals surface area contributed by atoms with Gasteiger partial charge in [0.2, 0.25) is 0 Å². The van der Waals surface area contributed by atoms with E-state index < -0.39 is 23.9 Å². The van der Waals surface area contributed by atoms with Crippen LogP contribution in [0.15, 0.2) is 48.5 Å². The van der Waals surface area contributed by atoms with Crippen molar-refractivity contribution in [2.45, 2.75) is 19.4 Å². The number of hydrogen-bond acceptors (Lipinski definition) is 3. The number of carbonyl (C=O) groups excluding carboxylic acids is 1. The van der Waals surface area contributed by atoms with Crippen molar-refractivity contribution in [3.05, 3.63) is 71.0 Å². The molecule has 26 heavy (non-hydrogen) atoms. The highest BCUT2D eigenvalue weighted by molar-refractivity contribution is 5.76. The van der Waals surface area contributed by atoms with Gasteiger partial charge in [0.15, 0.2) is 0 Å². The number of carboxylic acid groups (broad SMARTS) is 1. The number of halogens is 1. The second kappa shape index (κ2) is 7.56. The van der Waals surface area contributed by atoms with Crippen molar-refractivity contribution in [2.24, 2.45) is 5.92 Å². The number of aliphatic carboxylic acids is 1. The van der Waals surface area contributed by atoms with E-state index in [1.165, 1.54) is 17.0 Å². The first-order chi connectivity index (χ1) is 12.5. The predicted octanol–water partition coefficient (Wildman–Crippen LogP) is 3.57. The zero-order chi connectivity index (χ0) is 18.7. The topological polar surface area (TPSA) is 66.8 Å². The first-order valence-corrected chi connectivity index (χ1v) is 8.40. The maximum absolute atomic E-state index is 13.4. The number of ether oxygens (including phenoxy) is 1. The SMILES string of the molecule is Cc1cc(F)ccc1[C@@H]1CN(C(=O)OCc2ccccc2)C[C@H]1C(=O)O. The molecule has 0 radical (unpaired) electrons. The molecule has 2 atom stereocenters. The molecule has 1 N–H and O–H groups in total. The van der Waals surface area contributed by atoms with Gasteiger partial charge in [-0.1, -0.05) is 36.4 Å². The molecule has 1 amide bonds. The molecule has 0 unspecified atom stereocenters. The summed E-state index contributed by atoms with van der Waals surface area (Å²) in [5.41, 5.74) is 2.29. The molecule has 1 fully saturated rings. The normalized spacial score (nSPS) is 19.4. The van der Waals surface area contributed by atoms with Gasteiger partial charge in [-0.2, -0.15) is 0 Å². The zero-order valence-electron chi connectivity index (χ0n) is 14.4. The van der Waals surface area contributed by atoms with Gasteiger partial charge in [-0.05, 0) is 35.7 Å². The molecule has 0 bridgehead atoms. The maximum atomic E-state index is 13.4. The second-order valence-corrected chi connectivity index (χ2v) is 6.50. The van der Waals surface area contributed by atoms with Crippen LogP contribution in [-0.2, 0) is 16.1 Å². The smallest absolute Gasteiger partial charge is 0.410 e. The van der Waals surface area contributed by atoms with Crippen LogP contribution in [0.3, 0.4) is 0 Å². The number of likely N-dealkylation sites (tertiary alicyclic amines) is 1. The van der Waals surface area contributed by atoms with Crippen molar-refractivity contribution in [3.63, 3.8) is 0 Å². The Balaban J connectivity index is 1.72. The van der Waals surface area contributed by atoms with E-state index in [1.54, 1.807) is 13.0 Å². The van der Waals surface area contributed by atoms with E-state index >= 15 is 0 Å². The lowest BCUT2D eigenvalue weighted by molar-refractivity contribution is -0.141. The molecule has 0 saturated carbocycles. The van der Waals surface area contributed by atoms with Gasteiger partial charge in [-0.25, -0.2) is 9.18 Å². The van der Waals surface area contributed by atoms with Crippen LogP contribution in [0, 0.1) is 18.7 Å². The molecule has 3 rings (SSSR count). The van der Waals surface area contributed by atoms with Crippen molar-refractivity contribution in [3.8, 4) is 0 Å². The van der Waals surface area contributed by atoms with E-state index in [9.17, 15) is 19.1 Å². The summed E-state index contributed by atoms with van der Waals surface area (Å²) >= 11 is 0. The summed E-state index contributed by atoms with van der Waals surface area (Å²) in [6.45, 7) is 2.18. The largest absolute Gasteiger partial charge is 0.481 e. The monoisotopic (exact) mass is 357 g/mol. The van der Waals surface area contributed by atoms with Crippen LogP contribution in [0.5, 0.6) is 0 Å². The van der Waals surface area contributed by atoms with Crippen molar-refractivity contribution in [1.82, 2.24) is 4.90 Å². The van der Waals surface area contributed by atoms with Gasteiger partial charge in [-0.15, -0.1) is 0 Å². The summed E-state index contributed by atoms with van der Waals surface area (Å²) in [6, 6.07) is 13.6. The molecule has 1 aliphatic rings. The Morgan fingerprint density at radius 3 is 2.58 bits per heavy atom. The van der Waals surface area contributed by atoms with Crippen LogP contribution in [0.2, 0.25) is 0 Å². The highest BCUT2D eigenvalue weighted by Crippen LogP contribution is 2.35. The summed E-state index contributed by atoms with van der Waals surface area (Å²) in [5.74, 6) is -2.48. The Labute approximate surface area is 151 Å². The van der Waals surface area contributed by atoms with Crippen LogP contribution in [0.1, 0.15) is 22.6 Å². The van der Waals surface area contributed by atoms with Gasteiger partial charge in [-0.3, -0.25) is 4.79 Å². The number of amides is 1. The predicted molar refractivity (Wildman–Crippen MR) is 93.2 cm³/mol. The number of nitrogens with zero attached hydrogens (tertiary/aromatic N) is 1. The Hall–Kier alpha value is -2.89. The Morgan fingerprint density at radius 1 is 1.19 bits per heavy atom. The van der Waals surface area contributed by atoms with Crippen LogP contribution in [0.4, 0.5) is 9.18 Å². The van der Waals surface area contributed by atoms with Gasteiger partial charge in [0, 0.05) is 19.0 Å². The minimum absolute atomic E-state index is 0.0738. The second-order valence-electron chi connectivity index (χ2n) is 6.50. The van der Waals surface area contributed by atoms with E-state index in [-0.39, 0.29) is 25.5 Å². The van der Waals surface area contributed by atoms with E-state index in [0.29, 0.717) is 5.56 Å². The highest BCUT2D eigenvalue weighted by atomic mass is 19.1. The molecule has 2 aromatic carbocycles. The summed E-state index contributed by atoms with van der Waals surface area (Å²) in [5, 5.41) is 9.55. The number of hydrogen-bond donors (Lipinski definition) is 1. The summed E-state index contributed by atoms with van der Waals surface area (Å²) in [7, 11) is 0. The number of benzene rings is 2. The van der Waals surface area contributed by atoms with Crippen molar-refractivity contribution >= 4 is 12.1 Å². The van der Waals surface area contributed by atoms with E-state index in [4.69, 9.17) is 4.74 Å². The minimum atomic E-state index is -0.975. The third-order valence-electron chi connectivity index (χ3n) is 4.73. The van der Waals surface area contributed by atoms with Gasteiger partial charge in [0.05, 0.1) is 5.92 Å². The van der Waals surface area contributed by atoms with Gasteiger partial charge in [0.25, 0.3) is 0 Å². The van der Waals surface area contributed by atoms with Crippen molar-refractivity contribution < 1.29 is 23.8 Å². The molecule has 0 aromatic heterocycles. The summed E-state index contributed by atoms with van der Waals surface area (Å²) in [6.07, 6.45) is -0.539. The third kappa shape index (κ3) is 3.85. The lowest BCUT2D eigenvalue weighted by atomic mass is 9.86. The number of rotatable bonds is 4. The molecule has 136 valence electrons. The lowest BCUT2D eigenvalue weighted by Crippen LogP contribution is -2.30. The Kier molecular flexibility index (Phi) is 5.21. The molecule has 5 nitrogen and oxygen atoms in total.